The van der Waals surface area contributed by atoms with E-state index in [1.54, 1.807) is 14.2 Å². The number of fused-ring (bicyclic) bond motifs is 1. The van der Waals surface area contributed by atoms with Gasteiger partial charge in [-0.05, 0) is 36.4 Å². The standard InChI is InChI=1S/C18H15N5O3S/c1-23-9-14(26-22-23)21-17(24)16-15(19)12-7-8-13(20-18(12)27-16)10-3-5-11(25-2)6-4-10/h3-9H,1-2H3,(H2-,19,21,22,24). The van der Waals surface area contributed by atoms with E-state index in [0.717, 1.165) is 22.4 Å². The Morgan fingerprint density at radius 2 is 2.04 bits per heavy atom. The van der Waals surface area contributed by atoms with E-state index in [2.05, 4.69) is 15.2 Å². The predicted octanol–water partition coefficient (Wildman–Crippen LogP) is 1.81. The number of thiophene rings is 1. The first-order valence-corrected chi connectivity index (χ1v) is 8.79. The van der Waals surface area contributed by atoms with E-state index in [-0.39, 0.29) is 5.88 Å². The molecule has 0 aliphatic rings. The molecule has 2 N–H and O–H groups in total. The second kappa shape index (κ2) is 6.69. The number of rotatable bonds is 4. The van der Waals surface area contributed by atoms with Crippen LogP contribution in [0.25, 0.3) is 21.5 Å². The van der Waals surface area contributed by atoms with Gasteiger partial charge in [-0.15, -0.1) is 11.3 Å². The van der Waals surface area contributed by atoms with Gasteiger partial charge in [-0.3, -0.25) is 4.52 Å². The third-order valence-corrected chi connectivity index (χ3v) is 5.05. The first-order chi connectivity index (χ1) is 13.0. The van der Waals surface area contributed by atoms with Crippen LogP contribution in [-0.4, -0.2) is 23.3 Å². The monoisotopic (exact) mass is 381 g/mol. The second-order valence-electron chi connectivity index (χ2n) is 5.75. The van der Waals surface area contributed by atoms with Crippen molar-refractivity contribution in [3.05, 3.63) is 47.5 Å². The van der Waals surface area contributed by atoms with Gasteiger partial charge in [0.15, 0.2) is 12.3 Å². The van der Waals surface area contributed by atoms with Gasteiger partial charge in [0.25, 0.3) is 6.20 Å². The van der Waals surface area contributed by atoms with E-state index in [9.17, 15) is 5.11 Å². The Morgan fingerprint density at radius 1 is 1.26 bits per heavy atom. The van der Waals surface area contributed by atoms with Gasteiger partial charge < -0.3 is 15.6 Å². The van der Waals surface area contributed by atoms with Crippen LogP contribution in [0.3, 0.4) is 0 Å². The third-order valence-electron chi connectivity index (χ3n) is 3.95. The molecular formula is C18H15N5O3S. The summed E-state index contributed by atoms with van der Waals surface area (Å²) in [5.41, 5.74) is 8.23. The fourth-order valence-electron chi connectivity index (χ4n) is 2.59. The summed E-state index contributed by atoms with van der Waals surface area (Å²) in [5.74, 6) is 0.403. The van der Waals surface area contributed by atoms with Crippen LogP contribution in [0.5, 0.6) is 5.75 Å². The van der Waals surface area contributed by atoms with Crippen molar-refractivity contribution >= 4 is 39.0 Å². The van der Waals surface area contributed by atoms with Crippen molar-refractivity contribution in [2.24, 2.45) is 12.0 Å². The fourth-order valence-corrected chi connectivity index (χ4v) is 3.57. The van der Waals surface area contributed by atoms with Crippen molar-refractivity contribution in [1.82, 2.24) is 10.3 Å². The number of aryl methyl sites for hydroxylation is 1. The molecule has 3 aromatic heterocycles. The number of aromatic nitrogens is 3. The molecule has 4 rings (SSSR count). The van der Waals surface area contributed by atoms with E-state index in [4.69, 9.17) is 15.0 Å². The second-order valence-corrected chi connectivity index (χ2v) is 6.75. The van der Waals surface area contributed by atoms with Crippen molar-refractivity contribution in [3.8, 4) is 17.0 Å². The molecule has 8 nitrogen and oxygen atoms in total. The average molecular weight is 381 g/mol. The Bertz CT molecular complexity index is 1150. The van der Waals surface area contributed by atoms with Gasteiger partial charge in [0.2, 0.25) is 0 Å². The molecule has 0 amide bonds. The van der Waals surface area contributed by atoms with Gasteiger partial charge in [-0.1, -0.05) is 4.68 Å². The summed E-state index contributed by atoms with van der Waals surface area (Å²) in [6.07, 6.45) is 1.50. The summed E-state index contributed by atoms with van der Waals surface area (Å²) in [6.45, 7) is 0. The highest BCUT2D eigenvalue weighted by Crippen LogP contribution is 2.34. The number of nitrogens with two attached hydrogens (primary N) is 1. The molecule has 0 aliphatic heterocycles. The summed E-state index contributed by atoms with van der Waals surface area (Å²) in [4.78, 5) is 9.54. The molecule has 0 atom stereocenters. The number of anilines is 1. The van der Waals surface area contributed by atoms with Crippen LogP contribution in [0.4, 0.5) is 11.6 Å². The molecule has 0 bridgehead atoms. The van der Waals surface area contributed by atoms with Crippen LogP contribution in [-0.2, 0) is 7.05 Å². The lowest BCUT2D eigenvalue weighted by Gasteiger charge is -2.06. The van der Waals surface area contributed by atoms with Gasteiger partial charge in [-0.25, -0.2) is 9.98 Å². The van der Waals surface area contributed by atoms with Crippen molar-refractivity contribution in [2.45, 2.75) is 0 Å². The van der Waals surface area contributed by atoms with E-state index < -0.39 is 5.90 Å². The number of pyridine rings is 1. The lowest BCUT2D eigenvalue weighted by molar-refractivity contribution is -0.739. The molecule has 3 heterocycles. The number of hydrogen-bond acceptors (Lipinski definition) is 8. The Balaban J connectivity index is 1.73. The average Bonchev–Trinajstić information content (AvgIpc) is 3.24. The van der Waals surface area contributed by atoms with Crippen molar-refractivity contribution < 1.29 is 19.0 Å². The van der Waals surface area contributed by atoms with Crippen molar-refractivity contribution in [3.63, 3.8) is 0 Å². The SMILES string of the molecule is COc1ccc(-c2ccc3c(N)c(/C([O-])=N/c4c[n+](C)no4)sc3n2)cc1. The van der Waals surface area contributed by atoms with E-state index in [1.807, 2.05) is 36.4 Å². The number of benzene rings is 1. The lowest BCUT2D eigenvalue weighted by Crippen LogP contribution is -2.27. The molecule has 0 fully saturated rings. The van der Waals surface area contributed by atoms with Gasteiger partial charge in [0.05, 0.1) is 23.4 Å². The molecule has 4 aromatic rings. The van der Waals surface area contributed by atoms with Crippen molar-refractivity contribution in [1.29, 1.82) is 0 Å². The normalized spacial score (nSPS) is 11.9. The van der Waals surface area contributed by atoms with Gasteiger partial charge in [0, 0.05) is 16.8 Å². The molecule has 136 valence electrons. The number of aliphatic imine (C=N–C) groups is 1. The smallest absolute Gasteiger partial charge is 0.320 e. The Labute approximate surface area is 158 Å². The van der Waals surface area contributed by atoms with E-state index >= 15 is 0 Å². The minimum atomic E-state index is -0.488. The molecule has 27 heavy (non-hydrogen) atoms. The van der Waals surface area contributed by atoms with Crippen LogP contribution in [0.1, 0.15) is 4.88 Å². The predicted molar refractivity (Wildman–Crippen MR) is 99.9 cm³/mol. The van der Waals surface area contributed by atoms with Gasteiger partial charge >= 0.3 is 5.88 Å². The van der Waals surface area contributed by atoms with Gasteiger partial charge in [-0.2, -0.15) is 0 Å². The molecule has 0 unspecified atom stereocenters. The summed E-state index contributed by atoms with van der Waals surface area (Å²) < 4.78 is 11.5. The van der Waals surface area contributed by atoms with E-state index in [1.165, 1.54) is 22.2 Å². The summed E-state index contributed by atoms with van der Waals surface area (Å²) in [6, 6.07) is 11.3. The fraction of sp³-hybridized carbons (Fsp3) is 0.111. The molecule has 0 aliphatic carbocycles. The minimum absolute atomic E-state index is 0.117. The molecular weight excluding hydrogens is 366 g/mol. The van der Waals surface area contributed by atoms with Crippen molar-refractivity contribution in [2.75, 3.05) is 12.8 Å². The highest BCUT2D eigenvalue weighted by molar-refractivity contribution is 7.21. The Hall–Kier alpha value is -3.46. The molecule has 0 spiro atoms. The maximum atomic E-state index is 12.5. The third kappa shape index (κ3) is 3.20. The summed E-state index contributed by atoms with van der Waals surface area (Å²) in [7, 11) is 3.29. The van der Waals surface area contributed by atoms with Crippen LogP contribution in [0.2, 0.25) is 0 Å². The molecule has 0 saturated carbocycles. The van der Waals surface area contributed by atoms with E-state index in [0.29, 0.717) is 15.4 Å². The largest absolute Gasteiger partial charge is 0.857 e. The summed E-state index contributed by atoms with van der Waals surface area (Å²) in [5, 5.41) is 16.8. The summed E-state index contributed by atoms with van der Waals surface area (Å²) >= 11 is 1.20. The number of hydrogen-bond donors (Lipinski definition) is 1. The lowest BCUT2D eigenvalue weighted by atomic mass is 10.1. The molecule has 0 saturated heterocycles. The molecule has 9 heteroatoms. The van der Waals surface area contributed by atoms with Crippen LogP contribution >= 0.6 is 11.3 Å². The first kappa shape index (κ1) is 17.0. The first-order valence-electron chi connectivity index (χ1n) is 7.97. The van der Waals surface area contributed by atoms with Crippen LogP contribution in [0.15, 0.2) is 52.1 Å². The zero-order valence-electron chi connectivity index (χ0n) is 14.5. The molecule has 1 aromatic carbocycles. The topological polar surface area (TPSA) is 113 Å². The number of nitrogens with zero attached hydrogens (tertiary/aromatic N) is 4. The minimum Gasteiger partial charge on any atom is -0.857 e. The Morgan fingerprint density at radius 3 is 2.70 bits per heavy atom. The number of ether oxygens (including phenoxy) is 1. The molecule has 0 radical (unpaired) electrons. The van der Waals surface area contributed by atoms with Crippen LogP contribution in [0, 0.1) is 0 Å². The quantitative estimate of drug-likeness (QED) is 0.328. The zero-order chi connectivity index (χ0) is 19.0. The maximum Gasteiger partial charge on any atom is 0.320 e. The maximum absolute atomic E-state index is 12.5. The highest BCUT2D eigenvalue weighted by atomic mass is 32.1. The Kier molecular flexibility index (Phi) is 4.21. The van der Waals surface area contributed by atoms with Crippen LogP contribution < -0.4 is 20.3 Å². The van der Waals surface area contributed by atoms with Gasteiger partial charge in [0.1, 0.15) is 10.6 Å². The highest BCUT2D eigenvalue weighted by Gasteiger charge is 2.13. The number of methoxy groups -OCH3 is 1. The number of nitrogen functional groups attached to an aromatic ring is 1. The zero-order valence-corrected chi connectivity index (χ0v) is 15.4.